The van der Waals surface area contributed by atoms with Crippen LogP contribution in [0.4, 0.5) is 22.0 Å². The van der Waals surface area contributed by atoms with Gasteiger partial charge >= 0.3 is 6.11 Å². The lowest BCUT2D eigenvalue weighted by atomic mass is 10.0. The molecule has 3 rings (SSSR count). The molecule has 0 N–H and O–H groups in total. The van der Waals surface area contributed by atoms with E-state index in [2.05, 4.69) is 4.74 Å². The summed E-state index contributed by atoms with van der Waals surface area (Å²) in [5.74, 6) is -4.09. The number of ether oxygens (including phenoxy) is 1. The SMILES string of the molecule is Cc1ccc(C2=CC(F)=C(C(F)(F)OC3=CC(F)=C(F)C3)C2)cc1. The maximum absolute atomic E-state index is 14.2. The van der Waals surface area contributed by atoms with E-state index in [1.54, 1.807) is 24.3 Å². The van der Waals surface area contributed by atoms with Gasteiger partial charge in [0.1, 0.15) is 17.4 Å². The lowest BCUT2D eigenvalue weighted by Crippen LogP contribution is -2.23. The highest BCUT2D eigenvalue weighted by Crippen LogP contribution is 2.44. The molecule has 126 valence electrons. The molecule has 6 heteroatoms. The van der Waals surface area contributed by atoms with E-state index >= 15 is 0 Å². The fourth-order valence-electron chi connectivity index (χ4n) is 2.56. The summed E-state index contributed by atoms with van der Waals surface area (Å²) in [6.45, 7) is 1.88. The van der Waals surface area contributed by atoms with Crippen LogP contribution in [0.25, 0.3) is 5.57 Å². The Bertz CT molecular complexity index is 797. The molecule has 0 heterocycles. The van der Waals surface area contributed by atoms with Crippen LogP contribution in [0.3, 0.4) is 0 Å². The van der Waals surface area contributed by atoms with Crippen LogP contribution in [-0.4, -0.2) is 6.11 Å². The fourth-order valence-corrected chi connectivity index (χ4v) is 2.56. The van der Waals surface area contributed by atoms with Crippen molar-refractivity contribution in [2.24, 2.45) is 0 Å². The van der Waals surface area contributed by atoms with Crippen LogP contribution < -0.4 is 0 Å². The zero-order chi connectivity index (χ0) is 17.5. The minimum atomic E-state index is -3.98. The Labute approximate surface area is 135 Å². The van der Waals surface area contributed by atoms with Crippen LogP contribution in [-0.2, 0) is 4.74 Å². The van der Waals surface area contributed by atoms with Crippen molar-refractivity contribution in [2.45, 2.75) is 25.9 Å². The first-order chi connectivity index (χ1) is 11.3. The molecule has 0 spiro atoms. The van der Waals surface area contributed by atoms with E-state index < -0.39 is 41.3 Å². The van der Waals surface area contributed by atoms with Crippen molar-refractivity contribution in [3.8, 4) is 0 Å². The Kier molecular flexibility index (Phi) is 4.07. The second kappa shape index (κ2) is 5.92. The maximum Gasteiger partial charge on any atom is 0.425 e. The topological polar surface area (TPSA) is 9.23 Å². The smallest absolute Gasteiger partial charge is 0.425 e. The highest BCUT2D eigenvalue weighted by molar-refractivity contribution is 5.74. The van der Waals surface area contributed by atoms with Crippen LogP contribution in [0.1, 0.15) is 24.0 Å². The van der Waals surface area contributed by atoms with Crippen molar-refractivity contribution in [3.05, 3.63) is 76.4 Å². The molecule has 0 aliphatic heterocycles. The summed E-state index contributed by atoms with van der Waals surface area (Å²) in [5, 5.41) is 0. The van der Waals surface area contributed by atoms with Gasteiger partial charge in [-0.3, -0.25) is 0 Å². The monoisotopic (exact) mass is 340 g/mol. The average molecular weight is 340 g/mol. The van der Waals surface area contributed by atoms with E-state index in [1.807, 2.05) is 6.92 Å². The molecule has 0 atom stereocenters. The summed E-state index contributed by atoms with van der Waals surface area (Å²) in [6.07, 6.45) is -3.45. The van der Waals surface area contributed by atoms with Gasteiger partial charge in [0, 0.05) is 12.5 Å². The third-order valence-electron chi connectivity index (χ3n) is 3.87. The van der Waals surface area contributed by atoms with Gasteiger partial charge in [-0.05, 0) is 24.1 Å². The van der Waals surface area contributed by atoms with E-state index in [0.717, 1.165) is 11.6 Å². The first-order valence-corrected chi connectivity index (χ1v) is 7.24. The Balaban J connectivity index is 1.75. The number of allylic oxidation sites excluding steroid dienone is 6. The Hall–Kier alpha value is -2.37. The zero-order valence-electron chi connectivity index (χ0n) is 12.7. The van der Waals surface area contributed by atoms with Gasteiger partial charge in [-0.1, -0.05) is 29.8 Å². The van der Waals surface area contributed by atoms with E-state index in [0.29, 0.717) is 17.2 Å². The van der Waals surface area contributed by atoms with E-state index in [-0.39, 0.29) is 6.42 Å². The number of rotatable bonds is 4. The summed E-state index contributed by atoms with van der Waals surface area (Å²) in [7, 11) is 0. The molecule has 1 aromatic rings. The van der Waals surface area contributed by atoms with Gasteiger partial charge in [-0.25, -0.2) is 13.2 Å². The molecule has 0 bridgehead atoms. The van der Waals surface area contributed by atoms with E-state index in [9.17, 15) is 22.0 Å². The van der Waals surface area contributed by atoms with E-state index in [4.69, 9.17) is 0 Å². The minimum absolute atomic E-state index is 0.340. The van der Waals surface area contributed by atoms with Crippen molar-refractivity contribution < 1.29 is 26.7 Å². The molecule has 0 aromatic heterocycles. The number of alkyl halides is 2. The van der Waals surface area contributed by atoms with Gasteiger partial charge in [0.25, 0.3) is 0 Å². The summed E-state index contributed by atoms with van der Waals surface area (Å²) in [6, 6.07) is 7.01. The van der Waals surface area contributed by atoms with Crippen LogP contribution in [0.15, 0.2) is 65.2 Å². The van der Waals surface area contributed by atoms with Gasteiger partial charge in [-0.2, -0.15) is 8.78 Å². The van der Waals surface area contributed by atoms with Crippen molar-refractivity contribution in [1.29, 1.82) is 0 Å². The summed E-state index contributed by atoms with van der Waals surface area (Å²) in [5.41, 5.74) is 1.15. The van der Waals surface area contributed by atoms with Gasteiger partial charge in [0.2, 0.25) is 0 Å². The third-order valence-corrected chi connectivity index (χ3v) is 3.87. The lowest BCUT2D eigenvalue weighted by Gasteiger charge is -2.20. The standard InChI is InChI=1S/C18H13F5O/c1-10-2-4-11(5-3-10)12-6-14(15(19)7-12)18(22,23)24-13-8-16(20)17(21)9-13/h2-5,7-8H,6,9H2,1H3. The van der Waals surface area contributed by atoms with Gasteiger partial charge in [0.15, 0.2) is 5.83 Å². The molecular formula is C18H13F5O. The van der Waals surface area contributed by atoms with Gasteiger partial charge in [0.05, 0.1) is 12.0 Å². The second-order valence-corrected chi connectivity index (χ2v) is 5.70. The lowest BCUT2D eigenvalue weighted by molar-refractivity contribution is -0.184. The summed E-state index contributed by atoms with van der Waals surface area (Å²) in [4.78, 5) is 0. The van der Waals surface area contributed by atoms with Crippen LogP contribution >= 0.6 is 0 Å². The first-order valence-electron chi connectivity index (χ1n) is 7.24. The third kappa shape index (κ3) is 3.13. The van der Waals surface area contributed by atoms with Crippen molar-refractivity contribution in [3.63, 3.8) is 0 Å². The van der Waals surface area contributed by atoms with Gasteiger partial charge < -0.3 is 4.74 Å². The molecule has 0 radical (unpaired) electrons. The normalized spacial score (nSPS) is 18.2. The Morgan fingerprint density at radius 2 is 1.58 bits per heavy atom. The second-order valence-electron chi connectivity index (χ2n) is 5.70. The van der Waals surface area contributed by atoms with Crippen LogP contribution in [0.2, 0.25) is 0 Å². The predicted molar refractivity (Wildman–Crippen MR) is 79.9 cm³/mol. The maximum atomic E-state index is 14.2. The Morgan fingerprint density at radius 1 is 0.917 bits per heavy atom. The quantitative estimate of drug-likeness (QED) is 0.606. The Morgan fingerprint density at radius 3 is 2.17 bits per heavy atom. The fraction of sp³-hybridized carbons (Fsp3) is 0.222. The average Bonchev–Trinajstić information content (AvgIpc) is 3.03. The number of halogens is 5. The molecule has 0 saturated heterocycles. The summed E-state index contributed by atoms with van der Waals surface area (Å²) >= 11 is 0. The molecule has 2 aliphatic carbocycles. The van der Waals surface area contributed by atoms with Crippen LogP contribution in [0, 0.1) is 6.92 Å². The minimum Gasteiger partial charge on any atom is -0.433 e. The molecular weight excluding hydrogens is 327 g/mol. The van der Waals surface area contributed by atoms with Crippen molar-refractivity contribution in [1.82, 2.24) is 0 Å². The first kappa shape index (κ1) is 16.5. The molecule has 0 amide bonds. The molecule has 1 aromatic carbocycles. The molecule has 1 nitrogen and oxygen atoms in total. The molecule has 2 aliphatic rings. The number of hydrogen-bond donors (Lipinski definition) is 0. The molecule has 24 heavy (non-hydrogen) atoms. The number of benzene rings is 1. The number of hydrogen-bond acceptors (Lipinski definition) is 1. The molecule has 0 saturated carbocycles. The largest absolute Gasteiger partial charge is 0.433 e. The van der Waals surface area contributed by atoms with E-state index in [1.165, 1.54) is 0 Å². The number of aryl methyl sites for hydroxylation is 1. The highest BCUT2D eigenvalue weighted by Gasteiger charge is 2.43. The predicted octanol–water partition coefficient (Wildman–Crippen LogP) is 6.05. The molecule has 0 unspecified atom stereocenters. The molecule has 0 fully saturated rings. The summed E-state index contributed by atoms with van der Waals surface area (Å²) < 4.78 is 72.6. The highest BCUT2D eigenvalue weighted by atomic mass is 19.3. The zero-order valence-corrected chi connectivity index (χ0v) is 12.7. The van der Waals surface area contributed by atoms with Crippen molar-refractivity contribution in [2.75, 3.05) is 0 Å². The van der Waals surface area contributed by atoms with Gasteiger partial charge in [-0.15, -0.1) is 0 Å². The van der Waals surface area contributed by atoms with Crippen LogP contribution in [0.5, 0.6) is 0 Å². The van der Waals surface area contributed by atoms with Crippen molar-refractivity contribution >= 4 is 5.57 Å².